The van der Waals surface area contributed by atoms with Crippen LogP contribution in [0.15, 0.2) is 121 Å². The molecule has 6 N–H and O–H groups in total. The minimum atomic E-state index is -2.73. The number of hydrogen-bond donors (Lipinski definition) is 3. The maximum Gasteiger partial charge on any atom is 0.191 e. The number of unbranched alkanes of at least 4 members (excludes halogenated alkanes) is 1. The highest BCUT2D eigenvalue weighted by atomic mass is 28.4. The van der Waals surface area contributed by atoms with Gasteiger partial charge in [-0.25, -0.2) is 0 Å². The molecule has 0 aliphatic rings. The van der Waals surface area contributed by atoms with Crippen LogP contribution in [0.25, 0.3) is 0 Å². The van der Waals surface area contributed by atoms with Gasteiger partial charge in [0, 0.05) is 5.04 Å². The van der Waals surface area contributed by atoms with Crippen molar-refractivity contribution in [2.24, 2.45) is 17.2 Å². The molecule has 0 aliphatic carbocycles. The van der Waals surface area contributed by atoms with Crippen molar-refractivity contribution in [3.63, 3.8) is 0 Å². The molecule has 0 aliphatic heterocycles. The first-order valence-corrected chi connectivity index (χ1v) is 21.6. The standard InChI is InChI=1S/C37H51N3OSi2/c1-42(2,29-17-16-27-38)41-43(3,30-18-28-39)37(34-23-12-6-13-24-34,35-25-14-7-15-26-35)31-36(40,32-19-8-4-9-20-32)33-21-10-5-11-22-33/h4-15,19-26H,16-18,27-31,38-40H2,1-3H3. The van der Waals surface area contributed by atoms with Crippen LogP contribution in [-0.4, -0.2) is 29.7 Å². The van der Waals surface area contributed by atoms with Crippen LogP contribution in [0.1, 0.15) is 47.9 Å². The molecule has 1 unspecified atom stereocenters. The Morgan fingerprint density at radius 3 is 1.33 bits per heavy atom. The Hall–Kier alpha value is -2.85. The summed E-state index contributed by atoms with van der Waals surface area (Å²) in [4.78, 5) is 0. The molecule has 0 saturated carbocycles. The first-order chi connectivity index (χ1) is 20.7. The lowest BCUT2D eigenvalue weighted by molar-refractivity contribution is 0.378. The Balaban J connectivity index is 2.05. The molecule has 4 rings (SSSR count). The number of rotatable bonds is 16. The number of nitrogens with two attached hydrogens (primary N) is 3. The Labute approximate surface area is 261 Å². The van der Waals surface area contributed by atoms with Crippen molar-refractivity contribution in [2.45, 2.75) is 68.0 Å². The molecule has 0 radical (unpaired) electrons. The van der Waals surface area contributed by atoms with Crippen molar-refractivity contribution in [3.05, 3.63) is 144 Å². The zero-order valence-electron chi connectivity index (χ0n) is 26.3. The number of hydrogen-bond acceptors (Lipinski definition) is 4. The average molecular weight is 610 g/mol. The maximum atomic E-state index is 7.83. The fraction of sp³-hybridized carbons (Fsp3) is 0.351. The molecule has 43 heavy (non-hydrogen) atoms. The van der Waals surface area contributed by atoms with Crippen molar-refractivity contribution in [1.82, 2.24) is 0 Å². The molecular weight excluding hydrogens is 559 g/mol. The third-order valence-electron chi connectivity index (χ3n) is 9.15. The van der Waals surface area contributed by atoms with E-state index >= 15 is 0 Å². The van der Waals surface area contributed by atoms with Crippen LogP contribution in [0.3, 0.4) is 0 Å². The van der Waals surface area contributed by atoms with Gasteiger partial charge < -0.3 is 21.3 Å². The van der Waals surface area contributed by atoms with Crippen LogP contribution in [0.5, 0.6) is 0 Å². The van der Waals surface area contributed by atoms with Crippen LogP contribution < -0.4 is 17.2 Å². The highest BCUT2D eigenvalue weighted by Crippen LogP contribution is 2.52. The molecule has 6 heteroatoms. The molecule has 0 fully saturated rings. The molecule has 0 amide bonds. The Kier molecular flexibility index (Phi) is 11.3. The average Bonchev–Trinajstić information content (AvgIpc) is 3.04. The molecule has 4 nitrogen and oxygen atoms in total. The van der Waals surface area contributed by atoms with E-state index in [2.05, 4.69) is 141 Å². The molecule has 228 valence electrons. The SMILES string of the molecule is C[Si](C)(CCCCN)O[Si](C)(CCCN)C(CC(N)(c1ccccc1)c1ccccc1)(c1ccccc1)c1ccccc1. The second-order valence-corrected chi connectivity index (χ2v) is 21.4. The third kappa shape index (κ3) is 7.45. The summed E-state index contributed by atoms with van der Waals surface area (Å²) in [6.07, 6.45) is 3.70. The van der Waals surface area contributed by atoms with Gasteiger partial charge in [-0.15, -0.1) is 0 Å². The summed E-state index contributed by atoms with van der Waals surface area (Å²) < 4.78 is 7.79. The van der Waals surface area contributed by atoms with Gasteiger partial charge >= 0.3 is 0 Å². The van der Waals surface area contributed by atoms with E-state index in [1.807, 2.05) is 0 Å². The molecule has 0 spiro atoms. The molecule has 0 aromatic heterocycles. The fourth-order valence-electron chi connectivity index (χ4n) is 7.02. The maximum absolute atomic E-state index is 7.83. The van der Waals surface area contributed by atoms with E-state index in [-0.39, 0.29) is 0 Å². The normalized spacial score (nSPS) is 13.9. The zero-order chi connectivity index (χ0) is 30.8. The summed E-state index contributed by atoms with van der Waals surface area (Å²) in [5.41, 5.74) is 24.0. The van der Waals surface area contributed by atoms with Gasteiger partial charge in [-0.2, -0.15) is 0 Å². The van der Waals surface area contributed by atoms with Gasteiger partial charge in [0.25, 0.3) is 0 Å². The Morgan fingerprint density at radius 1 is 0.535 bits per heavy atom. The molecule has 4 aromatic carbocycles. The van der Waals surface area contributed by atoms with Crippen molar-refractivity contribution in [3.8, 4) is 0 Å². The van der Waals surface area contributed by atoms with Gasteiger partial charge in [0.1, 0.15) is 0 Å². The first kappa shape index (κ1) is 33.1. The van der Waals surface area contributed by atoms with Gasteiger partial charge in [0.15, 0.2) is 16.6 Å². The molecular formula is C37H51N3OSi2. The van der Waals surface area contributed by atoms with Crippen LogP contribution in [0.4, 0.5) is 0 Å². The van der Waals surface area contributed by atoms with E-state index in [1.54, 1.807) is 0 Å². The lowest BCUT2D eigenvalue weighted by Gasteiger charge is -2.54. The largest absolute Gasteiger partial charge is 0.454 e. The highest BCUT2D eigenvalue weighted by Gasteiger charge is 2.58. The van der Waals surface area contributed by atoms with E-state index in [9.17, 15) is 0 Å². The first-order valence-electron chi connectivity index (χ1n) is 15.8. The van der Waals surface area contributed by atoms with Crippen molar-refractivity contribution in [1.29, 1.82) is 0 Å². The number of benzene rings is 4. The fourth-order valence-corrected chi connectivity index (χ4v) is 18.0. The van der Waals surface area contributed by atoms with Crippen LogP contribution in [0, 0.1) is 0 Å². The quantitative estimate of drug-likeness (QED) is 0.0898. The van der Waals surface area contributed by atoms with E-state index in [0.717, 1.165) is 42.5 Å². The second kappa shape index (κ2) is 14.8. The van der Waals surface area contributed by atoms with Crippen LogP contribution in [0.2, 0.25) is 31.7 Å². The van der Waals surface area contributed by atoms with Crippen molar-refractivity contribution in [2.75, 3.05) is 13.1 Å². The summed E-state index contributed by atoms with van der Waals surface area (Å²) >= 11 is 0. The summed E-state index contributed by atoms with van der Waals surface area (Å²) in [5, 5.41) is -0.469. The van der Waals surface area contributed by atoms with Crippen LogP contribution >= 0.6 is 0 Å². The molecule has 0 bridgehead atoms. The second-order valence-electron chi connectivity index (χ2n) is 12.7. The minimum Gasteiger partial charge on any atom is -0.454 e. The molecule has 1 atom stereocenters. The monoisotopic (exact) mass is 609 g/mol. The molecule has 4 aromatic rings. The zero-order valence-corrected chi connectivity index (χ0v) is 28.3. The van der Waals surface area contributed by atoms with E-state index in [4.69, 9.17) is 21.3 Å². The minimum absolute atomic E-state index is 0.469. The third-order valence-corrected chi connectivity index (χ3v) is 18.6. The summed E-state index contributed by atoms with van der Waals surface area (Å²) in [6.45, 7) is 8.60. The highest BCUT2D eigenvalue weighted by molar-refractivity contribution is 6.87. The van der Waals surface area contributed by atoms with Gasteiger partial charge in [-0.3, -0.25) is 0 Å². The summed E-state index contributed by atoms with van der Waals surface area (Å²) in [5.74, 6) is 0. The lowest BCUT2D eigenvalue weighted by atomic mass is 9.72. The Morgan fingerprint density at radius 2 is 0.930 bits per heavy atom. The lowest BCUT2D eigenvalue weighted by Crippen LogP contribution is -2.64. The molecule has 0 heterocycles. The van der Waals surface area contributed by atoms with Gasteiger partial charge in [0.05, 0.1) is 5.54 Å². The smallest absolute Gasteiger partial charge is 0.191 e. The summed E-state index contributed by atoms with van der Waals surface area (Å²) in [7, 11) is -4.84. The predicted molar refractivity (Wildman–Crippen MR) is 188 cm³/mol. The van der Waals surface area contributed by atoms with Gasteiger partial charge in [-0.1, -0.05) is 128 Å². The topological polar surface area (TPSA) is 87.3 Å². The van der Waals surface area contributed by atoms with Gasteiger partial charge in [-0.05, 0) is 86.3 Å². The van der Waals surface area contributed by atoms with Crippen molar-refractivity contribution < 1.29 is 4.12 Å². The van der Waals surface area contributed by atoms with Crippen molar-refractivity contribution >= 4 is 16.6 Å². The van der Waals surface area contributed by atoms with E-state index in [0.29, 0.717) is 19.5 Å². The van der Waals surface area contributed by atoms with Crippen LogP contribution in [-0.2, 0) is 14.7 Å². The van der Waals surface area contributed by atoms with E-state index < -0.39 is 27.2 Å². The predicted octanol–water partition coefficient (Wildman–Crippen LogP) is 7.69. The molecule has 0 saturated heterocycles. The van der Waals surface area contributed by atoms with Gasteiger partial charge in [0.2, 0.25) is 0 Å². The summed E-state index contributed by atoms with van der Waals surface area (Å²) in [6, 6.07) is 45.3. The Bertz CT molecular complexity index is 1290. The van der Waals surface area contributed by atoms with E-state index in [1.165, 1.54) is 11.1 Å².